The fourth-order valence-electron chi connectivity index (χ4n) is 3.66. The van der Waals surface area contributed by atoms with Crippen LogP contribution in [0.15, 0.2) is 48.7 Å². The minimum atomic E-state index is -0.263. The standard InChI is InChI=1S/C21H19ClFN3O2/c1-14(27)26-13-17(16-12-15(22)6-7-19(16)26)21(28)25-10-8-24(9-11-25)20-5-3-2-4-18(20)23/h2-7,12-13H,8-11H2,1H3. The quantitative estimate of drug-likeness (QED) is 0.653. The molecule has 0 aliphatic carbocycles. The van der Waals surface area contributed by atoms with Gasteiger partial charge in [-0.3, -0.25) is 14.2 Å². The van der Waals surface area contributed by atoms with Crippen LogP contribution in [-0.2, 0) is 0 Å². The van der Waals surface area contributed by atoms with Gasteiger partial charge < -0.3 is 9.80 Å². The summed E-state index contributed by atoms with van der Waals surface area (Å²) in [6, 6.07) is 11.8. The molecular weight excluding hydrogens is 381 g/mol. The number of hydrogen-bond donors (Lipinski definition) is 0. The number of amides is 1. The molecule has 0 bridgehead atoms. The summed E-state index contributed by atoms with van der Waals surface area (Å²) >= 11 is 6.11. The highest BCUT2D eigenvalue weighted by Gasteiger charge is 2.26. The van der Waals surface area contributed by atoms with Crippen LogP contribution in [-0.4, -0.2) is 47.5 Å². The molecule has 0 N–H and O–H groups in total. The van der Waals surface area contributed by atoms with Crippen LogP contribution < -0.4 is 4.90 Å². The average molecular weight is 400 g/mol. The molecule has 144 valence electrons. The molecule has 1 aliphatic rings. The third-order valence-electron chi connectivity index (χ3n) is 5.10. The number of carbonyl (C=O) groups is 2. The predicted molar refractivity (Wildman–Crippen MR) is 108 cm³/mol. The van der Waals surface area contributed by atoms with Gasteiger partial charge in [-0.15, -0.1) is 0 Å². The largest absolute Gasteiger partial charge is 0.366 e. The van der Waals surface area contributed by atoms with E-state index in [1.807, 2.05) is 4.90 Å². The van der Waals surface area contributed by atoms with Crippen LogP contribution >= 0.6 is 11.6 Å². The van der Waals surface area contributed by atoms with Crippen molar-refractivity contribution in [2.24, 2.45) is 0 Å². The minimum Gasteiger partial charge on any atom is -0.366 e. The van der Waals surface area contributed by atoms with Crippen LogP contribution in [0.1, 0.15) is 22.1 Å². The second-order valence-electron chi connectivity index (χ2n) is 6.82. The normalized spacial score (nSPS) is 14.5. The summed E-state index contributed by atoms with van der Waals surface area (Å²) in [5.41, 5.74) is 1.66. The third kappa shape index (κ3) is 3.24. The minimum absolute atomic E-state index is 0.152. The maximum Gasteiger partial charge on any atom is 0.256 e. The Balaban J connectivity index is 1.59. The molecule has 0 spiro atoms. The second-order valence-corrected chi connectivity index (χ2v) is 7.26. The van der Waals surface area contributed by atoms with Gasteiger partial charge in [0.05, 0.1) is 16.8 Å². The van der Waals surface area contributed by atoms with Crippen molar-refractivity contribution in [2.75, 3.05) is 31.1 Å². The van der Waals surface area contributed by atoms with E-state index in [-0.39, 0.29) is 17.6 Å². The van der Waals surface area contributed by atoms with Gasteiger partial charge in [0.25, 0.3) is 5.91 Å². The zero-order chi connectivity index (χ0) is 19.8. The molecule has 0 unspecified atom stereocenters. The third-order valence-corrected chi connectivity index (χ3v) is 5.33. The van der Waals surface area contributed by atoms with E-state index in [4.69, 9.17) is 11.6 Å². The number of carbonyl (C=O) groups excluding carboxylic acids is 2. The Hall–Kier alpha value is -2.86. The molecule has 1 fully saturated rings. The molecule has 1 amide bonds. The number of nitrogens with zero attached hydrogens (tertiary/aromatic N) is 3. The summed E-state index contributed by atoms with van der Waals surface area (Å²) in [4.78, 5) is 28.8. The van der Waals surface area contributed by atoms with E-state index in [2.05, 4.69) is 0 Å². The molecule has 1 aliphatic heterocycles. The van der Waals surface area contributed by atoms with Gasteiger partial charge in [0.1, 0.15) is 5.82 Å². The number of piperazine rings is 1. The first-order chi connectivity index (χ1) is 13.5. The maximum atomic E-state index is 14.0. The fraction of sp³-hybridized carbons (Fsp3) is 0.238. The molecule has 3 aromatic rings. The molecule has 28 heavy (non-hydrogen) atoms. The molecule has 2 heterocycles. The van der Waals surface area contributed by atoms with Crippen molar-refractivity contribution in [2.45, 2.75) is 6.92 Å². The number of aromatic nitrogens is 1. The molecular formula is C21H19ClFN3O2. The Kier molecular flexibility index (Phi) is 4.81. The zero-order valence-corrected chi connectivity index (χ0v) is 16.1. The zero-order valence-electron chi connectivity index (χ0n) is 15.4. The van der Waals surface area contributed by atoms with Gasteiger partial charge in [-0.1, -0.05) is 23.7 Å². The number of hydrogen-bond acceptors (Lipinski definition) is 3. The number of rotatable bonds is 2. The van der Waals surface area contributed by atoms with Gasteiger partial charge in [0.15, 0.2) is 0 Å². The Bertz CT molecular complexity index is 1070. The first-order valence-corrected chi connectivity index (χ1v) is 9.44. The van der Waals surface area contributed by atoms with E-state index in [0.29, 0.717) is 53.4 Å². The number of para-hydroxylation sites is 1. The molecule has 1 saturated heterocycles. The van der Waals surface area contributed by atoms with Crippen molar-refractivity contribution in [3.05, 3.63) is 65.1 Å². The van der Waals surface area contributed by atoms with Crippen molar-refractivity contribution in [1.82, 2.24) is 9.47 Å². The smallest absolute Gasteiger partial charge is 0.256 e. The van der Waals surface area contributed by atoms with Gasteiger partial charge in [-0.2, -0.15) is 0 Å². The Morgan fingerprint density at radius 3 is 2.43 bits per heavy atom. The van der Waals surface area contributed by atoms with Gasteiger partial charge in [0, 0.05) is 49.7 Å². The molecule has 5 nitrogen and oxygen atoms in total. The van der Waals surface area contributed by atoms with Gasteiger partial charge in [0.2, 0.25) is 5.91 Å². The molecule has 0 radical (unpaired) electrons. The van der Waals surface area contributed by atoms with Crippen LogP contribution in [0.5, 0.6) is 0 Å². The first-order valence-electron chi connectivity index (χ1n) is 9.06. The highest BCUT2D eigenvalue weighted by Crippen LogP contribution is 2.27. The van der Waals surface area contributed by atoms with E-state index < -0.39 is 0 Å². The summed E-state index contributed by atoms with van der Waals surface area (Å²) in [7, 11) is 0. The summed E-state index contributed by atoms with van der Waals surface area (Å²) in [5.74, 6) is -0.586. The Morgan fingerprint density at radius 1 is 1.04 bits per heavy atom. The Morgan fingerprint density at radius 2 is 1.75 bits per heavy atom. The summed E-state index contributed by atoms with van der Waals surface area (Å²) in [5, 5.41) is 1.16. The highest BCUT2D eigenvalue weighted by atomic mass is 35.5. The number of halogens is 2. The molecule has 7 heteroatoms. The lowest BCUT2D eigenvalue weighted by Crippen LogP contribution is -2.49. The van der Waals surface area contributed by atoms with Crippen molar-refractivity contribution < 1.29 is 14.0 Å². The first kappa shape index (κ1) is 18.5. The number of anilines is 1. The summed E-state index contributed by atoms with van der Waals surface area (Å²) in [6.45, 7) is 3.48. The predicted octanol–water partition coefficient (Wildman–Crippen LogP) is 4.06. The molecule has 0 saturated carbocycles. The van der Waals surface area contributed by atoms with Crippen molar-refractivity contribution in [3.63, 3.8) is 0 Å². The van der Waals surface area contributed by atoms with E-state index in [1.54, 1.807) is 47.5 Å². The monoisotopic (exact) mass is 399 g/mol. The van der Waals surface area contributed by atoms with Gasteiger partial charge >= 0.3 is 0 Å². The van der Waals surface area contributed by atoms with E-state index >= 15 is 0 Å². The van der Waals surface area contributed by atoms with Gasteiger partial charge in [-0.25, -0.2) is 4.39 Å². The molecule has 0 atom stereocenters. The number of fused-ring (bicyclic) bond motifs is 1. The van der Waals surface area contributed by atoms with Crippen molar-refractivity contribution in [1.29, 1.82) is 0 Å². The topological polar surface area (TPSA) is 45.6 Å². The van der Waals surface area contributed by atoms with Crippen LogP contribution in [0.25, 0.3) is 10.9 Å². The van der Waals surface area contributed by atoms with Crippen LogP contribution in [0.3, 0.4) is 0 Å². The van der Waals surface area contributed by atoms with Gasteiger partial charge in [-0.05, 0) is 30.3 Å². The summed E-state index contributed by atoms with van der Waals surface area (Å²) < 4.78 is 15.5. The molecule has 2 aromatic carbocycles. The van der Waals surface area contributed by atoms with Crippen molar-refractivity contribution in [3.8, 4) is 0 Å². The van der Waals surface area contributed by atoms with E-state index in [1.165, 1.54) is 17.6 Å². The number of benzene rings is 2. The molecule has 1 aromatic heterocycles. The van der Waals surface area contributed by atoms with Crippen molar-refractivity contribution >= 4 is 40.0 Å². The van der Waals surface area contributed by atoms with E-state index in [0.717, 1.165) is 0 Å². The lowest BCUT2D eigenvalue weighted by Gasteiger charge is -2.36. The second kappa shape index (κ2) is 7.28. The van der Waals surface area contributed by atoms with E-state index in [9.17, 15) is 14.0 Å². The maximum absolute atomic E-state index is 14.0. The molecule has 4 rings (SSSR count). The lowest BCUT2D eigenvalue weighted by atomic mass is 10.1. The van der Waals surface area contributed by atoms with Crippen LogP contribution in [0.2, 0.25) is 5.02 Å². The highest BCUT2D eigenvalue weighted by molar-refractivity contribution is 6.31. The Labute approximate surface area is 166 Å². The fourth-order valence-corrected chi connectivity index (χ4v) is 3.83. The SMILES string of the molecule is CC(=O)n1cc(C(=O)N2CCN(c3ccccc3F)CC2)c2cc(Cl)ccc21. The van der Waals surface area contributed by atoms with Crippen LogP contribution in [0, 0.1) is 5.82 Å². The average Bonchev–Trinajstić information content (AvgIpc) is 3.07. The summed E-state index contributed by atoms with van der Waals surface area (Å²) in [6.07, 6.45) is 1.58. The van der Waals surface area contributed by atoms with Crippen LogP contribution in [0.4, 0.5) is 10.1 Å². The lowest BCUT2D eigenvalue weighted by molar-refractivity contribution is 0.0748.